The first-order valence-electron chi connectivity index (χ1n) is 11.9. The predicted molar refractivity (Wildman–Crippen MR) is 128 cm³/mol. The van der Waals surface area contributed by atoms with Crippen molar-refractivity contribution >= 4 is 28.9 Å². The molecule has 0 radical (unpaired) electrons. The van der Waals surface area contributed by atoms with Crippen LogP contribution in [0.2, 0.25) is 0 Å². The maximum absolute atomic E-state index is 13.2. The Labute approximate surface area is 211 Å². The number of aromatic nitrogens is 2. The molecule has 0 spiro atoms. The fourth-order valence-electron chi connectivity index (χ4n) is 4.64. The summed E-state index contributed by atoms with van der Waals surface area (Å²) in [5.74, 6) is -1.70. The molecule has 37 heavy (non-hydrogen) atoms. The van der Waals surface area contributed by atoms with Crippen molar-refractivity contribution in [2.24, 2.45) is 11.7 Å². The molecule has 1 aromatic heterocycles. The molecule has 0 saturated carbocycles. The topological polar surface area (TPSA) is 111 Å². The van der Waals surface area contributed by atoms with E-state index < -0.39 is 36.6 Å². The van der Waals surface area contributed by atoms with Gasteiger partial charge in [-0.15, -0.1) is 0 Å². The summed E-state index contributed by atoms with van der Waals surface area (Å²) < 4.78 is 46.6. The number of unbranched alkanes of at least 4 members (excludes halogenated alkanes) is 1. The monoisotopic (exact) mass is 519 g/mol. The van der Waals surface area contributed by atoms with Crippen molar-refractivity contribution in [1.29, 1.82) is 0 Å². The normalized spacial score (nSPS) is 19.6. The molecule has 1 saturated heterocycles. The van der Waals surface area contributed by atoms with Crippen molar-refractivity contribution in [3.63, 3.8) is 0 Å². The van der Waals surface area contributed by atoms with Crippen molar-refractivity contribution in [3.05, 3.63) is 53.9 Å². The lowest BCUT2D eigenvalue weighted by molar-refractivity contribution is -0.162. The minimum absolute atomic E-state index is 0.101. The molecule has 9 nitrogen and oxygen atoms in total. The Morgan fingerprint density at radius 2 is 1.92 bits per heavy atom. The number of amides is 3. The number of esters is 1. The number of fused-ring (bicyclic) bond motifs is 2. The molecular weight excluding hydrogens is 491 g/mol. The predicted octanol–water partition coefficient (Wildman–Crippen LogP) is 3.28. The van der Waals surface area contributed by atoms with Crippen LogP contribution in [0.5, 0.6) is 0 Å². The van der Waals surface area contributed by atoms with Crippen LogP contribution in [-0.4, -0.2) is 62.6 Å². The van der Waals surface area contributed by atoms with Crippen molar-refractivity contribution < 1.29 is 32.3 Å². The van der Waals surface area contributed by atoms with Gasteiger partial charge in [-0.3, -0.25) is 14.5 Å². The number of carbonyl (C=O) groups excluding carboxylic acids is 3. The summed E-state index contributed by atoms with van der Waals surface area (Å²) in [7, 11) is 0. The van der Waals surface area contributed by atoms with Gasteiger partial charge < -0.3 is 19.9 Å². The molecule has 0 bridgehead atoms. The Morgan fingerprint density at radius 3 is 2.62 bits per heavy atom. The molecule has 198 valence electrons. The average molecular weight is 520 g/mol. The summed E-state index contributed by atoms with van der Waals surface area (Å²) in [5.41, 5.74) is 8.05. The van der Waals surface area contributed by atoms with E-state index in [1.165, 1.54) is 17.9 Å². The third kappa shape index (κ3) is 5.85. The minimum Gasteiger partial charge on any atom is -0.466 e. The number of imide groups is 1. The number of rotatable bonds is 9. The van der Waals surface area contributed by atoms with Crippen molar-refractivity contribution in [3.8, 4) is 0 Å². The molecule has 2 N–H and O–H groups in total. The van der Waals surface area contributed by atoms with Gasteiger partial charge in [-0.05, 0) is 30.5 Å². The van der Waals surface area contributed by atoms with E-state index in [0.717, 1.165) is 11.1 Å². The lowest BCUT2D eigenvalue weighted by Crippen LogP contribution is -2.62. The van der Waals surface area contributed by atoms with Crippen LogP contribution in [0.25, 0.3) is 11.0 Å². The molecule has 4 rings (SSSR count). The molecule has 12 heteroatoms. The highest BCUT2D eigenvalue weighted by molar-refractivity contribution is 6.00. The zero-order chi connectivity index (χ0) is 26.7. The number of urea groups is 1. The van der Waals surface area contributed by atoms with E-state index in [2.05, 4.69) is 0 Å². The van der Waals surface area contributed by atoms with E-state index in [0.29, 0.717) is 37.3 Å². The van der Waals surface area contributed by atoms with Gasteiger partial charge in [0.05, 0.1) is 36.1 Å². The summed E-state index contributed by atoms with van der Waals surface area (Å²) in [4.78, 5) is 43.3. The number of benzene rings is 1. The molecule has 1 fully saturated rings. The molecule has 2 heterocycles. The molecular formula is C25H28F3N5O4. The van der Waals surface area contributed by atoms with Crippen molar-refractivity contribution in [2.45, 2.75) is 51.6 Å². The third-order valence-corrected chi connectivity index (χ3v) is 6.35. The Balaban J connectivity index is 1.66. The molecule has 1 aliphatic carbocycles. The fourth-order valence-corrected chi connectivity index (χ4v) is 4.64. The molecule has 1 aliphatic heterocycles. The average Bonchev–Trinajstić information content (AvgIpc) is 3.19. The number of nitrogens with two attached hydrogens (primary N) is 1. The van der Waals surface area contributed by atoms with Gasteiger partial charge in [-0.1, -0.05) is 30.4 Å². The quantitative estimate of drug-likeness (QED) is 0.402. The maximum Gasteiger partial charge on any atom is 0.406 e. The lowest BCUT2D eigenvalue weighted by atomic mass is 9.90. The number of carbonyl (C=O) groups is 3. The number of hydrogen-bond donors (Lipinski definition) is 1. The first-order valence-corrected chi connectivity index (χ1v) is 11.9. The molecule has 2 unspecified atom stereocenters. The summed E-state index contributed by atoms with van der Waals surface area (Å²) >= 11 is 0. The number of ether oxygens (including phenoxy) is 1. The van der Waals surface area contributed by atoms with Gasteiger partial charge in [0.2, 0.25) is 5.91 Å². The fraction of sp³-hybridized carbons (Fsp3) is 0.440. The van der Waals surface area contributed by atoms with Gasteiger partial charge in [0.1, 0.15) is 12.4 Å². The number of aryl methyl sites for hydroxylation is 1. The number of halogens is 3. The van der Waals surface area contributed by atoms with Gasteiger partial charge in [-0.2, -0.15) is 13.2 Å². The molecule has 2 atom stereocenters. The smallest absolute Gasteiger partial charge is 0.406 e. The van der Waals surface area contributed by atoms with Gasteiger partial charge in [-0.25, -0.2) is 9.78 Å². The first-order chi connectivity index (χ1) is 17.6. The lowest BCUT2D eigenvalue weighted by Gasteiger charge is -2.43. The van der Waals surface area contributed by atoms with Gasteiger partial charge in [0.25, 0.3) is 0 Å². The summed E-state index contributed by atoms with van der Waals surface area (Å²) in [6, 6.07) is 3.82. The van der Waals surface area contributed by atoms with Crippen LogP contribution in [0.3, 0.4) is 0 Å². The number of nitrogens with zero attached hydrogens (tertiary/aromatic N) is 4. The summed E-state index contributed by atoms with van der Waals surface area (Å²) in [6.45, 7) is 0.618. The van der Waals surface area contributed by atoms with Gasteiger partial charge >= 0.3 is 18.2 Å². The van der Waals surface area contributed by atoms with Crippen molar-refractivity contribution in [1.82, 2.24) is 19.4 Å². The van der Waals surface area contributed by atoms with Gasteiger partial charge in [0.15, 0.2) is 0 Å². The molecule has 3 amide bonds. The van der Waals surface area contributed by atoms with Crippen LogP contribution in [0, 0.1) is 5.92 Å². The van der Waals surface area contributed by atoms with Crippen molar-refractivity contribution in [2.75, 3.05) is 13.2 Å². The van der Waals surface area contributed by atoms with E-state index in [9.17, 15) is 27.6 Å². The minimum atomic E-state index is -4.73. The van der Waals surface area contributed by atoms with Crippen LogP contribution in [-0.2, 0) is 34.0 Å². The standard InChI is InChI=1S/C25H28F3N5O4/c1-16(34)37-11-5-4-10-31-21-9-8-17(13-29)12-19(21)30-22(31)14-32-20-7-3-2-6-18(20)23(35)33(24(32)36)15-25(26,27)28/h2-3,6-9,12,18,20H,4-5,10-11,13-15,29H2,1H3. The molecule has 2 aliphatic rings. The van der Waals surface area contributed by atoms with Crippen LogP contribution in [0.15, 0.2) is 42.5 Å². The van der Waals surface area contributed by atoms with E-state index in [4.69, 9.17) is 15.5 Å². The second-order valence-electron chi connectivity index (χ2n) is 8.99. The third-order valence-electron chi connectivity index (χ3n) is 6.35. The summed E-state index contributed by atoms with van der Waals surface area (Å²) in [6.07, 6.45) is 2.91. The number of hydrogen-bond acceptors (Lipinski definition) is 6. The number of alkyl halides is 3. The van der Waals surface area contributed by atoms with Crippen LogP contribution in [0.1, 0.15) is 31.2 Å². The second-order valence-corrected chi connectivity index (χ2v) is 8.99. The number of allylic oxidation sites excluding steroid dienone is 2. The van der Waals surface area contributed by atoms with E-state index >= 15 is 0 Å². The Hall–Kier alpha value is -3.67. The highest BCUT2D eigenvalue weighted by atomic mass is 19.4. The zero-order valence-corrected chi connectivity index (χ0v) is 20.3. The first kappa shape index (κ1) is 26.4. The highest BCUT2D eigenvalue weighted by Crippen LogP contribution is 2.32. The molecule has 1 aromatic carbocycles. The second kappa shape index (κ2) is 10.8. The van der Waals surface area contributed by atoms with E-state index in [1.54, 1.807) is 18.2 Å². The summed E-state index contributed by atoms with van der Waals surface area (Å²) in [5, 5.41) is 0. The van der Waals surface area contributed by atoms with Crippen LogP contribution >= 0.6 is 0 Å². The van der Waals surface area contributed by atoms with E-state index in [-0.39, 0.29) is 24.0 Å². The maximum atomic E-state index is 13.2. The van der Waals surface area contributed by atoms with Gasteiger partial charge in [0, 0.05) is 20.0 Å². The Bertz CT molecular complexity index is 1250. The zero-order valence-electron chi connectivity index (χ0n) is 20.3. The SMILES string of the molecule is CC(=O)OCCCCn1c(CN2C(=O)N(CC(F)(F)F)C(=O)C3C=CC=CC32)nc2cc(CN)ccc21. The van der Waals surface area contributed by atoms with Crippen LogP contribution < -0.4 is 5.73 Å². The Kier molecular flexibility index (Phi) is 7.67. The molecule has 2 aromatic rings. The highest BCUT2D eigenvalue weighted by Gasteiger charge is 2.48. The van der Waals surface area contributed by atoms with E-state index in [1.807, 2.05) is 22.8 Å². The van der Waals surface area contributed by atoms with Crippen LogP contribution in [0.4, 0.5) is 18.0 Å². The Morgan fingerprint density at radius 1 is 1.16 bits per heavy atom. The largest absolute Gasteiger partial charge is 0.466 e. The number of imidazole rings is 1.